The van der Waals surface area contributed by atoms with E-state index in [4.69, 9.17) is 10.00 Å². The SMILES string of the molecule is N#Cc1cc(Br)ccc1OCOCC(F)(F)F. The number of alkyl halides is 3. The predicted octanol–water partition coefficient (Wildman–Crippen LogP) is 3.24. The maximum absolute atomic E-state index is 11.7. The number of halogens is 4. The summed E-state index contributed by atoms with van der Waals surface area (Å²) in [6, 6.07) is 6.44. The summed E-state index contributed by atoms with van der Waals surface area (Å²) in [7, 11) is 0. The number of ether oxygens (including phenoxy) is 2. The van der Waals surface area contributed by atoms with Crippen molar-refractivity contribution in [2.75, 3.05) is 13.4 Å². The van der Waals surface area contributed by atoms with E-state index in [1.54, 1.807) is 6.07 Å². The molecule has 1 aromatic rings. The van der Waals surface area contributed by atoms with Crippen LogP contribution >= 0.6 is 15.9 Å². The second-order valence-corrected chi connectivity index (χ2v) is 3.89. The summed E-state index contributed by atoms with van der Waals surface area (Å²) in [5, 5.41) is 8.76. The minimum atomic E-state index is -4.39. The molecule has 0 aliphatic rings. The Labute approximate surface area is 104 Å². The lowest BCUT2D eigenvalue weighted by atomic mass is 10.2. The third-order valence-corrected chi connectivity index (χ3v) is 2.12. The Balaban J connectivity index is 2.50. The van der Waals surface area contributed by atoms with Gasteiger partial charge < -0.3 is 9.47 Å². The van der Waals surface area contributed by atoms with Crippen LogP contribution in [0.5, 0.6) is 5.75 Å². The molecule has 0 saturated heterocycles. The van der Waals surface area contributed by atoms with Crippen molar-refractivity contribution in [3.05, 3.63) is 28.2 Å². The first-order valence-electron chi connectivity index (χ1n) is 4.39. The molecule has 0 spiro atoms. The van der Waals surface area contributed by atoms with E-state index >= 15 is 0 Å². The Kier molecular flexibility index (Phi) is 4.78. The standard InChI is InChI=1S/C10H7BrF3NO2/c11-8-1-2-9(7(3-8)4-15)17-6-16-5-10(12,13)14/h1-3H,5-6H2. The smallest absolute Gasteiger partial charge is 0.411 e. The van der Waals surface area contributed by atoms with Crippen molar-refractivity contribution in [2.45, 2.75) is 6.18 Å². The summed E-state index contributed by atoms with van der Waals surface area (Å²) < 4.78 is 45.1. The fraction of sp³-hybridized carbons (Fsp3) is 0.300. The molecule has 0 bridgehead atoms. The average molecular weight is 310 g/mol. The maximum atomic E-state index is 11.7. The zero-order chi connectivity index (χ0) is 12.9. The highest BCUT2D eigenvalue weighted by Gasteiger charge is 2.27. The van der Waals surface area contributed by atoms with Crippen LogP contribution in [-0.2, 0) is 4.74 Å². The van der Waals surface area contributed by atoms with Crippen molar-refractivity contribution in [1.82, 2.24) is 0 Å². The molecule has 0 aromatic heterocycles. The van der Waals surface area contributed by atoms with Gasteiger partial charge in [0, 0.05) is 4.47 Å². The normalized spacial score (nSPS) is 11.0. The summed E-state index contributed by atoms with van der Waals surface area (Å²) in [5.74, 6) is 0.179. The van der Waals surface area contributed by atoms with E-state index in [1.165, 1.54) is 12.1 Å². The van der Waals surface area contributed by atoms with Gasteiger partial charge in [-0.05, 0) is 18.2 Å². The average Bonchev–Trinajstić information content (AvgIpc) is 2.24. The monoisotopic (exact) mass is 309 g/mol. The highest BCUT2D eigenvalue weighted by molar-refractivity contribution is 9.10. The summed E-state index contributed by atoms with van der Waals surface area (Å²) in [6.07, 6.45) is -4.39. The molecule has 7 heteroatoms. The number of hydrogen-bond acceptors (Lipinski definition) is 3. The van der Waals surface area contributed by atoms with E-state index in [0.717, 1.165) is 0 Å². The van der Waals surface area contributed by atoms with Crippen LogP contribution in [0.3, 0.4) is 0 Å². The van der Waals surface area contributed by atoms with Gasteiger partial charge in [-0.15, -0.1) is 0 Å². The fourth-order valence-electron chi connectivity index (χ4n) is 0.978. The second kappa shape index (κ2) is 5.89. The Hall–Kier alpha value is -1.26. The fourth-order valence-corrected chi connectivity index (χ4v) is 1.34. The number of hydrogen-bond donors (Lipinski definition) is 0. The molecule has 0 aliphatic heterocycles. The van der Waals surface area contributed by atoms with Crippen molar-refractivity contribution in [1.29, 1.82) is 5.26 Å². The molecule has 1 aromatic carbocycles. The lowest BCUT2D eigenvalue weighted by Gasteiger charge is -2.10. The minimum absolute atomic E-state index is 0.179. The molecule has 0 amide bonds. The molecule has 0 radical (unpaired) electrons. The van der Waals surface area contributed by atoms with Crippen molar-refractivity contribution in [3.8, 4) is 11.8 Å². The van der Waals surface area contributed by atoms with Crippen LogP contribution < -0.4 is 4.74 Å². The minimum Gasteiger partial charge on any atom is -0.466 e. The topological polar surface area (TPSA) is 42.2 Å². The number of nitrogens with zero attached hydrogens (tertiary/aromatic N) is 1. The van der Waals surface area contributed by atoms with E-state index in [0.29, 0.717) is 4.47 Å². The van der Waals surface area contributed by atoms with Crippen LogP contribution in [0.25, 0.3) is 0 Å². The van der Waals surface area contributed by atoms with Crippen molar-refractivity contribution in [3.63, 3.8) is 0 Å². The predicted molar refractivity (Wildman–Crippen MR) is 56.4 cm³/mol. The van der Waals surface area contributed by atoms with Gasteiger partial charge in [-0.25, -0.2) is 0 Å². The van der Waals surface area contributed by atoms with E-state index < -0.39 is 19.6 Å². The molecular weight excluding hydrogens is 303 g/mol. The molecule has 0 saturated carbocycles. The van der Waals surface area contributed by atoms with Crippen LogP contribution in [0.4, 0.5) is 13.2 Å². The van der Waals surface area contributed by atoms with Gasteiger partial charge in [0.1, 0.15) is 18.4 Å². The van der Waals surface area contributed by atoms with Crippen LogP contribution in [0, 0.1) is 11.3 Å². The molecule has 17 heavy (non-hydrogen) atoms. The van der Waals surface area contributed by atoms with Gasteiger partial charge in [-0.1, -0.05) is 15.9 Å². The summed E-state index contributed by atoms with van der Waals surface area (Å²) in [5.41, 5.74) is 0.218. The van der Waals surface area contributed by atoms with Crippen LogP contribution in [-0.4, -0.2) is 19.6 Å². The van der Waals surface area contributed by atoms with Gasteiger partial charge in [0.15, 0.2) is 6.79 Å². The zero-order valence-electron chi connectivity index (χ0n) is 8.42. The molecule has 3 nitrogen and oxygen atoms in total. The summed E-state index contributed by atoms with van der Waals surface area (Å²) >= 11 is 3.16. The Morgan fingerprint density at radius 3 is 2.65 bits per heavy atom. The van der Waals surface area contributed by atoms with Crippen LogP contribution in [0.2, 0.25) is 0 Å². The molecule has 0 heterocycles. The van der Waals surface area contributed by atoms with Gasteiger partial charge in [-0.3, -0.25) is 0 Å². The van der Waals surface area contributed by atoms with Crippen LogP contribution in [0.1, 0.15) is 5.56 Å². The molecule has 0 N–H and O–H groups in total. The largest absolute Gasteiger partial charge is 0.466 e. The first-order valence-corrected chi connectivity index (χ1v) is 5.18. The molecular formula is C10H7BrF3NO2. The zero-order valence-corrected chi connectivity index (χ0v) is 10.0. The Morgan fingerprint density at radius 2 is 2.06 bits per heavy atom. The van der Waals surface area contributed by atoms with E-state index in [2.05, 4.69) is 20.7 Å². The Bertz CT molecular complexity index is 429. The lowest BCUT2D eigenvalue weighted by molar-refractivity contribution is -0.186. The second-order valence-electron chi connectivity index (χ2n) is 2.98. The first-order chi connectivity index (χ1) is 7.92. The number of rotatable bonds is 4. The molecule has 92 valence electrons. The summed E-state index contributed by atoms with van der Waals surface area (Å²) in [4.78, 5) is 0. The third kappa shape index (κ3) is 5.06. The molecule has 0 fully saturated rings. The van der Waals surface area contributed by atoms with Crippen molar-refractivity contribution in [2.24, 2.45) is 0 Å². The number of benzene rings is 1. The van der Waals surface area contributed by atoms with Gasteiger partial charge in [0.05, 0.1) is 5.56 Å². The molecule has 0 unspecified atom stereocenters. The van der Waals surface area contributed by atoms with Crippen molar-refractivity contribution < 1.29 is 22.6 Å². The van der Waals surface area contributed by atoms with Gasteiger partial charge in [-0.2, -0.15) is 18.4 Å². The van der Waals surface area contributed by atoms with Crippen molar-refractivity contribution >= 4 is 15.9 Å². The maximum Gasteiger partial charge on any atom is 0.411 e. The van der Waals surface area contributed by atoms with Gasteiger partial charge >= 0.3 is 6.18 Å². The third-order valence-electron chi connectivity index (χ3n) is 1.63. The van der Waals surface area contributed by atoms with Crippen LogP contribution in [0.15, 0.2) is 22.7 Å². The Morgan fingerprint density at radius 1 is 1.35 bits per heavy atom. The van der Waals surface area contributed by atoms with E-state index in [9.17, 15) is 13.2 Å². The number of nitriles is 1. The van der Waals surface area contributed by atoms with E-state index in [1.807, 2.05) is 6.07 Å². The molecule has 0 aliphatic carbocycles. The highest BCUT2D eigenvalue weighted by atomic mass is 79.9. The van der Waals surface area contributed by atoms with Gasteiger partial charge in [0.25, 0.3) is 0 Å². The first kappa shape index (κ1) is 13.8. The summed E-state index contributed by atoms with van der Waals surface area (Å²) in [6.45, 7) is -1.94. The quantitative estimate of drug-likeness (QED) is 0.633. The van der Waals surface area contributed by atoms with Gasteiger partial charge in [0.2, 0.25) is 0 Å². The highest BCUT2D eigenvalue weighted by Crippen LogP contribution is 2.22. The van der Waals surface area contributed by atoms with E-state index in [-0.39, 0.29) is 11.3 Å². The molecule has 0 atom stereocenters. The molecule has 1 rings (SSSR count). The lowest BCUT2D eigenvalue weighted by Crippen LogP contribution is -2.19.